The summed E-state index contributed by atoms with van der Waals surface area (Å²) in [6.45, 7) is 5.02. The van der Waals surface area contributed by atoms with Crippen LogP contribution in [-0.2, 0) is 11.3 Å². The molecule has 0 unspecified atom stereocenters. The number of nitrogens with zero attached hydrogens (tertiary/aromatic N) is 1. The molecule has 0 aliphatic rings. The molecule has 0 aliphatic heterocycles. The van der Waals surface area contributed by atoms with Gasteiger partial charge < -0.3 is 15.0 Å². The lowest BCUT2D eigenvalue weighted by Crippen LogP contribution is -2.30. The number of ether oxygens (including phenoxy) is 1. The molecule has 2 N–H and O–H groups in total. The van der Waals surface area contributed by atoms with Crippen molar-refractivity contribution in [1.82, 2.24) is 14.9 Å². The van der Waals surface area contributed by atoms with E-state index < -0.39 is 0 Å². The molecule has 0 radical (unpaired) electrons. The summed E-state index contributed by atoms with van der Waals surface area (Å²) in [6.07, 6.45) is 0.166. The number of para-hydroxylation sites is 1. The first-order chi connectivity index (χ1) is 13.5. The minimum atomic E-state index is -0.190. The van der Waals surface area contributed by atoms with Crippen molar-refractivity contribution < 1.29 is 9.53 Å². The molecule has 2 aromatic carbocycles. The van der Waals surface area contributed by atoms with E-state index in [2.05, 4.69) is 16.4 Å². The number of benzene rings is 2. The molecule has 0 spiro atoms. The highest BCUT2D eigenvalue weighted by molar-refractivity contribution is 7.71. The second kappa shape index (κ2) is 8.84. The Morgan fingerprint density at radius 1 is 1.21 bits per heavy atom. The highest BCUT2D eigenvalue weighted by atomic mass is 32.1. The molecule has 0 aliphatic carbocycles. The van der Waals surface area contributed by atoms with E-state index in [1.165, 1.54) is 10.1 Å². The van der Waals surface area contributed by atoms with Crippen LogP contribution in [0, 0.1) is 18.6 Å². The van der Waals surface area contributed by atoms with Gasteiger partial charge in [-0.25, -0.2) is 0 Å². The van der Waals surface area contributed by atoms with E-state index >= 15 is 0 Å². The van der Waals surface area contributed by atoms with Crippen LogP contribution in [0.2, 0.25) is 0 Å². The van der Waals surface area contributed by atoms with Crippen LogP contribution >= 0.6 is 12.2 Å². The minimum absolute atomic E-state index is 0.154. The van der Waals surface area contributed by atoms with Crippen LogP contribution < -0.4 is 15.6 Å². The summed E-state index contributed by atoms with van der Waals surface area (Å²) < 4.78 is 7.43. The van der Waals surface area contributed by atoms with Crippen LogP contribution in [0.25, 0.3) is 10.9 Å². The summed E-state index contributed by atoms with van der Waals surface area (Å²) in [5.74, 6) is 0.660. The number of aromatic nitrogens is 2. The normalized spacial score (nSPS) is 10.8. The maximum atomic E-state index is 12.6. The lowest BCUT2D eigenvalue weighted by atomic mass is 10.1. The number of fused-ring (bicyclic) bond motifs is 1. The number of rotatable bonds is 7. The van der Waals surface area contributed by atoms with Gasteiger partial charge >= 0.3 is 0 Å². The molecule has 3 aromatic rings. The van der Waals surface area contributed by atoms with Crippen molar-refractivity contribution in [3.63, 3.8) is 0 Å². The third-order valence-corrected chi connectivity index (χ3v) is 4.79. The maximum Gasteiger partial charge on any atom is 0.262 e. The molecular weight excluding hydrogens is 374 g/mol. The van der Waals surface area contributed by atoms with Crippen molar-refractivity contribution in [3.05, 3.63) is 68.7 Å². The monoisotopic (exact) mass is 397 g/mol. The van der Waals surface area contributed by atoms with Crippen molar-refractivity contribution in [3.8, 4) is 5.75 Å². The Balaban J connectivity index is 1.51. The molecule has 6 nitrogen and oxygen atoms in total. The second-order valence-electron chi connectivity index (χ2n) is 6.65. The van der Waals surface area contributed by atoms with Crippen molar-refractivity contribution >= 4 is 29.0 Å². The van der Waals surface area contributed by atoms with Crippen molar-refractivity contribution in [2.24, 2.45) is 0 Å². The first kappa shape index (κ1) is 19.8. The Kier molecular flexibility index (Phi) is 6.26. The summed E-state index contributed by atoms with van der Waals surface area (Å²) in [5, 5.41) is 3.36. The molecule has 7 heteroatoms. The van der Waals surface area contributed by atoms with Gasteiger partial charge in [0.05, 0.1) is 17.4 Å². The number of aryl methyl sites for hydroxylation is 2. The van der Waals surface area contributed by atoms with Crippen LogP contribution in [0.3, 0.4) is 0 Å². The second-order valence-corrected chi connectivity index (χ2v) is 7.04. The molecule has 146 valence electrons. The minimum Gasteiger partial charge on any atom is -0.491 e. The summed E-state index contributed by atoms with van der Waals surface area (Å²) >= 11 is 5.26. The van der Waals surface area contributed by atoms with E-state index in [-0.39, 0.29) is 24.4 Å². The van der Waals surface area contributed by atoms with E-state index in [1.807, 2.05) is 32.0 Å². The molecule has 1 aromatic heterocycles. The lowest BCUT2D eigenvalue weighted by Gasteiger charge is -2.11. The fourth-order valence-corrected chi connectivity index (χ4v) is 3.30. The van der Waals surface area contributed by atoms with E-state index in [1.54, 1.807) is 18.2 Å². The standard InChI is InChI=1S/C21H23N3O3S/c1-14-7-8-18(15(2)13-14)27-12-10-22-19(25)9-11-24-20(26)16-5-3-4-6-17(16)23-21(24)28/h3-8,13H,9-12H2,1-2H3,(H,22,25)(H,23,28). The predicted molar refractivity (Wildman–Crippen MR) is 112 cm³/mol. The van der Waals surface area contributed by atoms with Crippen molar-refractivity contribution in [2.75, 3.05) is 13.2 Å². The van der Waals surface area contributed by atoms with Crippen molar-refractivity contribution in [2.45, 2.75) is 26.8 Å². The van der Waals surface area contributed by atoms with Gasteiger partial charge in [-0.1, -0.05) is 29.8 Å². The number of nitrogens with one attached hydrogen (secondary N) is 2. The first-order valence-corrected chi connectivity index (χ1v) is 9.55. The Morgan fingerprint density at radius 3 is 2.79 bits per heavy atom. The summed E-state index contributed by atoms with van der Waals surface area (Å²) in [7, 11) is 0. The predicted octanol–water partition coefficient (Wildman–Crippen LogP) is 3.26. The van der Waals surface area contributed by atoms with E-state index in [9.17, 15) is 9.59 Å². The molecule has 0 saturated heterocycles. The Morgan fingerprint density at radius 2 is 2.00 bits per heavy atom. The van der Waals surface area contributed by atoms with E-state index in [0.717, 1.165) is 11.3 Å². The van der Waals surface area contributed by atoms with E-state index in [4.69, 9.17) is 17.0 Å². The zero-order valence-electron chi connectivity index (χ0n) is 16.0. The van der Waals surface area contributed by atoms with Gasteiger partial charge in [-0.2, -0.15) is 0 Å². The molecule has 0 fully saturated rings. The van der Waals surface area contributed by atoms with Crippen molar-refractivity contribution in [1.29, 1.82) is 0 Å². The quantitative estimate of drug-likeness (QED) is 0.474. The highest BCUT2D eigenvalue weighted by Gasteiger charge is 2.08. The first-order valence-electron chi connectivity index (χ1n) is 9.14. The number of carbonyl (C=O) groups is 1. The maximum absolute atomic E-state index is 12.6. The van der Waals surface area contributed by atoms with Crippen LogP contribution in [-0.4, -0.2) is 28.6 Å². The van der Waals surface area contributed by atoms with Gasteiger partial charge in [-0.05, 0) is 49.8 Å². The number of carbonyl (C=O) groups excluding carboxylic acids is 1. The van der Waals surface area contributed by atoms with Gasteiger partial charge in [0, 0.05) is 13.0 Å². The average Bonchev–Trinajstić information content (AvgIpc) is 2.66. The van der Waals surface area contributed by atoms with Gasteiger partial charge in [-0.3, -0.25) is 14.2 Å². The molecule has 1 heterocycles. The van der Waals surface area contributed by atoms with Crippen LogP contribution in [0.15, 0.2) is 47.3 Å². The zero-order chi connectivity index (χ0) is 20.1. The Labute approximate surface area is 168 Å². The number of H-pyrrole nitrogens is 1. The summed E-state index contributed by atoms with van der Waals surface area (Å²) in [4.78, 5) is 27.7. The number of amides is 1. The van der Waals surface area contributed by atoms with Gasteiger partial charge in [0.2, 0.25) is 5.91 Å². The average molecular weight is 398 g/mol. The number of aromatic amines is 1. The molecule has 0 saturated carbocycles. The third-order valence-electron chi connectivity index (χ3n) is 4.46. The largest absolute Gasteiger partial charge is 0.491 e. The Bertz CT molecular complexity index is 1120. The fraction of sp³-hybridized carbons (Fsp3) is 0.286. The van der Waals surface area contributed by atoms with Gasteiger partial charge in [0.25, 0.3) is 5.56 Å². The molecule has 28 heavy (non-hydrogen) atoms. The van der Waals surface area contributed by atoms with Crippen LogP contribution in [0.5, 0.6) is 5.75 Å². The molecule has 0 atom stereocenters. The SMILES string of the molecule is Cc1ccc(OCCNC(=O)CCn2c(=S)[nH]c3ccccc3c2=O)c(C)c1. The third kappa shape index (κ3) is 4.67. The smallest absolute Gasteiger partial charge is 0.262 e. The molecule has 3 rings (SSSR count). The highest BCUT2D eigenvalue weighted by Crippen LogP contribution is 2.18. The van der Waals surface area contributed by atoms with Crippen LogP contribution in [0.4, 0.5) is 0 Å². The Hall–Kier alpha value is -2.93. The van der Waals surface area contributed by atoms with Crippen LogP contribution in [0.1, 0.15) is 17.5 Å². The van der Waals surface area contributed by atoms with Gasteiger partial charge in [0.15, 0.2) is 4.77 Å². The number of hydrogen-bond donors (Lipinski definition) is 2. The zero-order valence-corrected chi connectivity index (χ0v) is 16.8. The topological polar surface area (TPSA) is 76.1 Å². The molecule has 1 amide bonds. The molecule has 0 bridgehead atoms. The van der Waals surface area contributed by atoms with Gasteiger partial charge in [0.1, 0.15) is 12.4 Å². The fourth-order valence-electron chi connectivity index (χ4n) is 3.02. The summed E-state index contributed by atoms with van der Waals surface area (Å²) in [6, 6.07) is 13.2. The van der Waals surface area contributed by atoms with Gasteiger partial charge in [-0.15, -0.1) is 0 Å². The van der Waals surface area contributed by atoms with E-state index in [0.29, 0.717) is 28.8 Å². The summed E-state index contributed by atoms with van der Waals surface area (Å²) in [5.41, 5.74) is 2.75. The molecular formula is C21H23N3O3S. The lowest BCUT2D eigenvalue weighted by molar-refractivity contribution is -0.121. The number of hydrogen-bond acceptors (Lipinski definition) is 4.